The minimum absolute atomic E-state index is 0.127. The Kier molecular flexibility index (Phi) is 6.71. The number of thiophene rings is 1. The fourth-order valence-corrected chi connectivity index (χ4v) is 5.61. The standard InChI is InChI=1S/C20H25N3O4S2/c1-3-22(4-2)29(26,27)16-11-9-15(10-12-16)21-19(24)17-7-5-13-23(17)20(25)18-8-6-14-28-18/h6,8-12,14,17H,3-5,7,13H2,1-2H3,(H,21,24). The Morgan fingerprint density at radius 1 is 1.17 bits per heavy atom. The van der Waals surface area contributed by atoms with Gasteiger partial charge in [-0.15, -0.1) is 11.3 Å². The van der Waals surface area contributed by atoms with E-state index in [4.69, 9.17) is 0 Å². The van der Waals surface area contributed by atoms with E-state index in [0.29, 0.717) is 36.6 Å². The van der Waals surface area contributed by atoms with Crippen LogP contribution in [0, 0.1) is 0 Å². The van der Waals surface area contributed by atoms with E-state index in [1.807, 2.05) is 11.4 Å². The first-order valence-corrected chi connectivity index (χ1v) is 12.0. The lowest BCUT2D eigenvalue weighted by atomic mass is 10.2. The van der Waals surface area contributed by atoms with Gasteiger partial charge in [0.15, 0.2) is 0 Å². The topological polar surface area (TPSA) is 86.8 Å². The molecule has 1 aliphatic rings. The minimum atomic E-state index is -3.54. The number of likely N-dealkylation sites (tertiary alicyclic amines) is 1. The predicted octanol–water partition coefficient (Wildman–Crippen LogP) is 3.02. The van der Waals surface area contributed by atoms with E-state index in [1.165, 1.54) is 27.8 Å². The molecule has 1 saturated heterocycles. The number of hydrogen-bond acceptors (Lipinski definition) is 5. The Morgan fingerprint density at radius 3 is 2.45 bits per heavy atom. The molecule has 1 fully saturated rings. The van der Waals surface area contributed by atoms with Crippen LogP contribution in [0.5, 0.6) is 0 Å². The predicted molar refractivity (Wildman–Crippen MR) is 114 cm³/mol. The number of sulfonamides is 1. The number of anilines is 1. The van der Waals surface area contributed by atoms with Crippen LogP contribution in [0.3, 0.4) is 0 Å². The van der Waals surface area contributed by atoms with Crippen molar-refractivity contribution in [3.05, 3.63) is 46.7 Å². The van der Waals surface area contributed by atoms with Crippen molar-refractivity contribution >= 4 is 38.9 Å². The lowest BCUT2D eigenvalue weighted by molar-refractivity contribution is -0.119. The maximum Gasteiger partial charge on any atom is 0.264 e. The Labute approximate surface area is 175 Å². The molecule has 0 radical (unpaired) electrons. The molecule has 1 N–H and O–H groups in total. The molecule has 2 amide bonds. The molecule has 1 aromatic carbocycles. The summed E-state index contributed by atoms with van der Waals surface area (Å²) in [6.07, 6.45) is 1.38. The van der Waals surface area contributed by atoms with E-state index in [0.717, 1.165) is 6.42 Å². The summed E-state index contributed by atoms with van der Waals surface area (Å²) in [6, 6.07) is 9.19. The van der Waals surface area contributed by atoms with Crippen LogP contribution in [0.4, 0.5) is 5.69 Å². The molecule has 0 aliphatic carbocycles. The highest BCUT2D eigenvalue weighted by Gasteiger charge is 2.35. The molecule has 1 unspecified atom stereocenters. The van der Waals surface area contributed by atoms with Crippen LogP contribution in [-0.2, 0) is 14.8 Å². The summed E-state index contributed by atoms with van der Waals surface area (Å²) < 4.78 is 26.5. The average molecular weight is 436 g/mol. The quantitative estimate of drug-likeness (QED) is 0.724. The molecule has 7 nitrogen and oxygen atoms in total. The summed E-state index contributed by atoms with van der Waals surface area (Å²) in [7, 11) is -3.54. The second-order valence-corrected chi connectivity index (χ2v) is 9.62. The highest BCUT2D eigenvalue weighted by Crippen LogP contribution is 2.24. The third-order valence-corrected chi connectivity index (χ3v) is 7.94. The van der Waals surface area contributed by atoms with E-state index in [-0.39, 0.29) is 16.7 Å². The number of nitrogens with one attached hydrogen (secondary N) is 1. The van der Waals surface area contributed by atoms with Crippen LogP contribution >= 0.6 is 11.3 Å². The summed E-state index contributed by atoms with van der Waals surface area (Å²) in [6.45, 7) is 4.93. The SMILES string of the molecule is CCN(CC)S(=O)(=O)c1ccc(NC(=O)C2CCCN2C(=O)c2cccs2)cc1. The van der Waals surface area contributed by atoms with Crippen LogP contribution in [0.1, 0.15) is 36.4 Å². The lowest BCUT2D eigenvalue weighted by Gasteiger charge is -2.23. The van der Waals surface area contributed by atoms with Crippen LogP contribution in [-0.4, -0.2) is 55.1 Å². The van der Waals surface area contributed by atoms with E-state index in [2.05, 4.69) is 5.32 Å². The Balaban J connectivity index is 1.70. The number of hydrogen-bond donors (Lipinski definition) is 1. The van der Waals surface area contributed by atoms with Crippen molar-refractivity contribution in [1.82, 2.24) is 9.21 Å². The fourth-order valence-electron chi connectivity index (χ4n) is 3.47. The van der Waals surface area contributed by atoms with Gasteiger partial charge in [0.2, 0.25) is 15.9 Å². The normalized spacial score (nSPS) is 16.9. The molecule has 2 heterocycles. The zero-order valence-corrected chi connectivity index (χ0v) is 18.1. The van der Waals surface area contributed by atoms with Crippen molar-refractivity contribution in [2.45, 2.75) is 37.6 Å². The molecule has 2 aromatic rings. The molecule has 0 saturated carbocycles. The minimum Gasteiger partial charge on any atom is -0.326 e. The maximum atomic E-state index is 12.8. The molecular weight excluding hydrogens is 410 g/mol. The van der Waals surface area contributed by atoms with Crippen molar-refractivity contribution in [2.75, 3.05) is 25.0 Å². The van der Waals surface area contributed by atoms with Crippen molar-refractivity contribution < 1.29 is 18.0 Å². The second kappa shape index (κ2) is 9.06. The monoisotopic (exact) mass is 435 g/mol. The number of rotatable bonds is 7. The summed E-state index contributed by atoms with van der Waals surface area (Å²) in [5, 5.41) is 4.65. The molecule has 3 rings (SSSR count). The van der Waals surface area contributed by atoms with Crippen LogP contribution in [0.25, 0.3) is 0 Å². The number of carbonyl (C=O) groups excluding carboxylic acids is 2. The van der Waals surface area contributed by atoms with Gasteiger partial charge in [0.25, 0.3) is 5.91 Å². The van der Waals surface area contributed by atoms with Crippen molar-refractivity contribution in [3.8, 4) is 0 Å². The molecule has 1 aliphatic heterocycles. The van der Waals surface area contributed by atoms with Gasteiger partial charge in [-0.2, -0.15) is 4.31 Å². The third kappa shape index (κ3) is 4.52. The van der Waals surface area contributed by atoms with E-state index >= 15 is 0 Å². The van der Waals surface area contributed by atoms with Gasteiger partial charge in [-0.3, -0.25) is 9.59 Å². The Morgan fingerprint density at radius 2 is 1.86 bits per heavy atom. The van der Waals surface area contributed by atoms with Gasteiger partial charge in [0.05, 0.1) is 9.77 Å². The van der Waals surface area contributed by atoms with Gasteiger partial charge >= 0.3 is 0 Å². The van der Waals surface area contributed by atoms with Crippen molar-refractivity contribution in [1.29, 1.82) is 0 Å². The van der Waals surface area contributed by atoms with Crippen molar-refractivity contribution in [3.63, 3.8) is 0 Å². The Hall–Kier alpha value is -2.23. The third-order valence-electron chi connectivity index (χ3n) is 5.01. The first-order valence-electron chi connectivity index (χ1n) is 9.64. The lowest BCUT2D eigenvalue weighted by Crippen LogP contribution is -2.42. The van der Waals surface area contributed by atoms with Crippen molar-refractivity contribution in [2.24, 2.45) is 0 Å². The van der Waals surface area contributed by atoms with Gasteiger partial charge in [0, 0.05) is 25.3 Å². The van der Waals surface area contributed by atoms with Gasteiger partial charge in [-0.1, -0.05) is 19.9 Å². The van der Waals surface area contributed by atoms with Gasteiger partial charge in [0.1, 0.15) is 6.04 Å². The molecule has 1 atom stereocenters. The zero-order valence-electron chi connectivity index (χ0n) is 16.5. The Bertz CT molecular complexity index is 952. The first kappa shape index (κ1) is 21.5. The molecule has 0 spiro atoms. The summed E-state index contributed by atoms with van der Waals surface area (Å²) >= 11 is 1.36. The van der Waals surface area contributed by atoms with Gasteiger partial charge < -0.3 is 10.2 Å². The van der Waals surface area contributed by atoms with Crippen LogP contribution in [0.15, 0.2) is 46.7 Å². The van der Waals surface area contributed by atoms with E-state index in [9.17, 15) is 18.0 Å². The van der Waals surface area contributed by atoms with E-state index < -0.39 is 16.1 Å². The molecule has 1 aromatic heterocycles. The molecule has 29 heavy (non-hydrogen) atoms. The second-order valence-electron chi connectivity index (χ2n) is 6.74. The average Bonchev–Trinajstić information content (AvgIpc) is 3.41. The number of benzene rings is 1. The molecule has 9 heteroatoms. The maximum absolute atomic E-state index is 12.8. The van der Waals surface area contributed by atoms with Gasteiger partial charge in [-0.25, -0.2) is 8.42 Å². The molecular formula is C20H25N3O4S2. The van der Waals surface area contributed by atoms with Gasteiger partial charge in [-0.05, 0) is 48.6 Å². The highest BCUT2D eigenvalue weighted by atomic mass is 32.2. The molecule has 156 valence electrons. The number of nitrogens with zero attached hydrogens (tertiary/aromatic N) is 2. The summed E-state index contributed by atoms with van der Waals surface area (Å²) in [5.41, 5.74) is 0.504. The number of carbonyl (C=O) groups is 2. The smallest absolute Gasteiger partial charge is 0.264 e. The van der Waals surface area contributed by atoms with E-state index in [1.54, 1.807) is 36.9 Å². The van der Waals surface area contributed by atoms with Crippen LogP contribution < -0.4 is 5.32 Å². The zero-order chi connectivity index (χ0) is 21.0. The summed E-state index contributed by atoms with van der Waals surface area (Å²) in [4.78, 5) is 27.8. The molecule has 0 bridgehead atoms. The fraction of sp³-hybridized carbons (Fsp3) is 0.400. The van der Waals surface area contributed by atoms with Crippen LogP contribution in [0.2, 0.25) is 0 Å². The first-order chi connectivity index (χ1) is 13.9. The highest BCUT2D eigenvalue weighted by molar-refractivity contribution is 7.89. The largest absolute Gasteiger partial charge is 0.326 e. The summed E-state index contributed by atoms with van der Waals surface area (Å²) in [5.74, 6) is -0.384. The number of amides is 2.